The minimum absolute atomic E-state index is 0.148. The van der Waals surface area contributed by atoms with Crippen LogP contribution in [0.1, 0.15) is 18.2 Å². The number of hydrogen-bond acceptors (Lipinski definition) is 1. The molecule has 0 amide bonds. The van der Waals surface area contributed by atoms with Gasteiger partial charge in [0.1, 0.15) is 16.7 Å². The summed E-state index contributed by atoms with van der Waals surface area (Å²) in [5.41, 5.74) is 1.60. The summed E-state index contributed by atoms with van der Waals surface area (Å²) in [5.74, 6) is -0.246. The summed E-state index contributed by atoms with van der Waals surface area (Å²) < 4.78 is 15.1. The van der Waals surface area contributed by atoms with Crippen molar-refractivity contribution in [3.63, 3.8) is 0 Å². The van der Waals surface area contributed by atoms with Gasteiger partial charge in [0.2, 0.25) is 0 Å². The van der Waals surface area contributed by atoms with E-state index in [0.29, 0.717) is 17.1 Å². The molecule has 0 atom stereocenters. The van der Waals surface area contributed by atoms with Gasteiger partial charge < -0.3 is 0 Å². The number of para-hydroxylation sites is 1. The number of halogens is 4. The van der Waals surface area contributed by atoms with Crippen LogP contribution in [0.3, 0.4) is 0 Å². The monoisotopic (exact) mass is 306 g/mol. The van der Waals surface area contributed by atoms with E-state index in [2.05, 4.69) is 5.10 Å². The van der Waals surface area contributed by atoms with E-state index >= 15 is 0 Å². The molecule has 0 aliphatic rings. The lowest BCUT2D eigenvalue weighted by atomic mass is 10.2. The molecule has 0 fully saturated rings. The number of nitrogens with zero attached hydrogens (tertiary/aromatic N) is 2. The Hall–Kier alpha value is -0.770. The Morgan fingerprint density at radius 3 is 2.56 bits per heavy atom. The van der Waals surface area contributed by atoms with Crippen molar-refractivity contribution in [1.29, 1.82) is 0 Å². The fraction of sp³-hybridized carbons (Fsp3) is 0.250. The summed E-state index contributed by atoms with van der Waals surface area (Å²) >= 11 is 18.0. The molecule has 2 aromatic rings. The van der Waals surface area contributed by atoms with Crippen LogP contribution < -0.4 is 0 Å². The molecule has 96 valence electrons. The molecule has 1 aromatic carbocycles. The normalized spacial score (nSPS) is 10.9. The Balaban J connectivity index is 2.68. The highest BCUT2D eigenvalue weighted by molar-refractivity contribution is 6.33. The molecule has 0 spiro atoms. The molecule has 0 saturated carbocycles. The summed E-state index contributed by atoms with van der Waals surface area (Å²) in [5, 5.41) is 4.82. The second kappa shape index (κ2) is 5.47. The summed E-state index contributed by atoms with van der Waals surface area (Å²) in [6.45, 7) is 1.93. The quantitative estimate of drug-likeness (QED) is 0.757. The maximum absolute atomic E-state index is 13.8. The fourth-order valence-corrected chi connectivity index (χ4v) is 2.62. The van der Waals surface area contributed by atoms with Crippen molar-refractivity contribution in [3.05, 3.63) is 45.4 Å². The van der Waals surface area contributed by atoms with Gasteiger partial charge in [-0.25, -0.2) is 9.07 Å². The van der Waals surface area contributed by atoms with Gasteiger partial charge in [0.05, 0.1) is 16.6 Å². The molecule has 1 heterocycles. The first kappa shape index (κ1) is 13.7. The van der Waals surface area contributed by atoms with E-state index < -0.39 is 5.82 Å². The van der Waals surface area contributed by atoms with E-state index in [1.807, 2.05) is 6.92 Å². The molecular weight excluding hydrogens is 298 g/mol. The molecule has 0 saturated heterocycles. The number of benzene rings is 1. The smallest absolute Gasteiger partial charge is 0.150 e. The van der Waals surface area contributed by atoms with Crippen LogP contribution in [0, 0.1) is 5.82 Å². The number of rotatable bonds is 3. The van der Waals surface area contributed by atoms with Crippen LogP contribution in [-0.2, 0) is 12.3 Å². The lowest BCUT2D eigenvalue weighted by molar-refractivity contribution is 0.610. The zero-order valence-electron chi connectivity index (χ0n) is 9.55. The highest BCUT2D eigenvalue weighted by Gasteiger charge is 2.19. The van der Waals surface area contributed by atoms with Gasteiger partial charge in [-0.3, -0.25) is 0 Å². The van der Waals surface area contributed by atoms with Gasteiger partial charge in [0, 0.05) is 5.56 Å². The lowest BCUT2D eigenvalue weighted by Gasteiger charge is -2.06. The second-order valence-corrected chi connectivity index (χ2v) is 4.72. The van der Waals surface area contributed by atoms with Crippen molar-refractivity contribution < 1.29 is 4.39 Å². The maximum atomic E-state index is 13.8. The van der Waals surface area contributed by atoms with Gasteiger partial charge in [-0.2, -0.15) is 5.10 Å². The molecule has 2 rings (SSSR count). The highest BCUT2D eigenvalue weighted by Crippen LogP contribution is 2.30. The van der Waals surface area contributed by atoms with Gasteiger partial charge >= 0.3 is 0 Å². The van der Waals surface area contributed by atoms with E-state index in [0.717, 1.165) is 5.69 Å². The second-order valence-electron chi connectivity index (χ2n) is 3.69. The summed E-state index contributed by atoms with van der Waals surface area (Å²) in [4.78, 5) is 0. The number of alkyl halides is 1. The van der Waals surface area contributed by atoms with E-state index in [1.165, 1.54) is 16.8 Å². The minimum Gasteiger partial charge on any atom is -0.217 e. The van der Waals surface area contributed by atoms with Gasteiger partial charge in [-0.1, -0.05) is 36.2 Å². The third kappa shape index (κ3) is 2.22. The van der Waals surface area contributed by atoms with Crippen molar-refractivity contribution >= 4 is 34.8 Å². The van der Waals surface area contributed by atoms with E-state index in [1.54, 1.807) is 6.07 Å². The first-order valence-electron chi connectivity index (χ1n) is 5.36. The number of hydrogen-bond donors (Lipinski definition) is 0. The summed E-state index contributed by atoms with van der Waals surface area (Å²) in [6, 6.07) is 4.43. The Labute approximate surface area is 119 Å². The van der Waals surface area contributed by atoms with E-state index in [-0.39, 0.29) is 16.6 Å². The molecule has 6 heteroatoms. The van der Waals surface area contributed by atoms with Crippen LogP contribution in [0.4, 0.5) is 4.39 Å². The van der Waals surface area contributed by atoms with E-state index in [4.69, 9.17) is 34.8 Å². The van der Waals surface area contributed by atoms with Crippen molar-refractivity contribution in [1.82, 2.24) is 9.78 Å². The zero-order chi connectivity index (χ0) is 13.3. The summed E-state index contributed by atoms with van der Waals surface area (Å²) in [6.07, 6.45) is 0.668. The van der Waals surface area contributed by atoms with Crippen LogP contribution in [-0.4, -0.2) is 9.78 Å². The molecule has 0 bridgehead atoms. The zero-order valence-corrected chi connectivity index (χ0v) is 11.8. The highest BCUT2D eigenvalue weighted by atomic mass is 35.5. The molecule has 0 N–H and O–H groups in total. The minimum atomic E-state index is -0.476. The molecule has 2 nitrogen and oxygen atoms in total. The van der Waals surface area contributed by atoms with Gasteiger partial charge in [-0.15, -0.1) is 11.6 Å². The number of aromatic nitrogens is 2. The standard InChI is InChI=1S/C12H10Cl3FN2/c1-2-10-7(6-13)12(15)18(17-10)11-8(14)4-3-5-9(11)16/h3-5H,2,6H2,1H3. The first-order valence-corrected chi connectivity index (χ1v) is 6.65. The van der Waals surface area contributed by atoms with Gasteiger partial charge in [0.25, 0.3) is 0 Å². The van der Waals surface area contributed by atoms with Crippen molar-refractivity contribution in [2.75, 3.05) is 0 Å². The van der Waals surface area contributed by atoms with E-state index in [9.17, 15) is 4.39 Å². The van der Waals surface area contributed by atoms with Gasteiger partial charge in [-0.05, 0) is 18.6 Å². The van der Waals surface area contributed by atoms with Crippen LogP contribution in [0.25, 0.3) is 5.69 Å². The third-order valence-electron chi connectivity index (χ3n) is 2.62. The largest absolute Gasteiger partial charge is 0.217 e. The Morgan fingerprint density at radius 1 is 1.33 bits per heavy atom. The molecule has 18 heavy (non-hydrogen) atoms. The van der Waals surface area contributed by atoms with Crippen molar-refractivity contribution in [2.24, 2.45) is 0 Å². The van der Waals surface area contributed by atoms with Crippen LogP contribution in [0.2, 0.25) is 10.2 Å². The lowest BCUT2D eigenvalue weighted by Crippen LogP contribution is -2.01. The number of aryl methyl sites for hydroxylation is 1. The van der Waals surface area contributed by atoms with Crippen LogP contribution in [0.15, 0.2) is 18.2 Å². The molecule has 1 aromatic heterocycles. The van der Waals surface area contributed by atoms with Crippen LogP contribution in [0.5, 0.6) is 0 Å². The first-order chi connectivity index (χ1) is 8.60. The third-order valence-corrected chi connectivity index (χ3v) is 3.58. The predicted molar refractivity (Wildman–Crippen MR) is 72.5 cm³/mol. The molecule has 0 aliphatic heterocycles. The topological polar surface area (TPSA) is 17.8 Å². The average molecular weight is 308 g/mol. The maximum Gasteiger partial charge on any atom is 0.150 e. The Kier molecular flexibility index (Phi) is 4.15. The Morgan fingerprint density at radius 2 is 2.06 bits per heavy atom. The average Bonchev–Trinajstić information content (AvgIpc) is 2.66. The fourth-order valence-electron chi connectivity index (χ4n) is 1.73. The molecular formula is C12H10Cl3FN2. The van der Waals surface area contributed by atoms with Crippen molar-refractivity contribution in [2.45, 2.75) is 19.2 Å². The molecule has 0 radical (unpaired) electrons. The molecule has 0 unspecified atom stereocenters. The molecule has 0 aliphatic carbocycles. The summed E-state index contributed by atoms with van der Waals surface area (Å²) in [7, 11) is 0. The Bertz CT molecular complexity index is 561. The van der Waals surface area contributed by atoms with Gasteiger partial charge in [0.15, 0.2) is 0 Å². The van der Waals surface area contributed by atoms with Crippen molar-refractivity contribution in [3.8, 4) is 5.69 Å². The predicted octanol–water partition coefficient (Wildman–Crippen LogP) is 4.62. The SMILES string of the molecule is CCc1nn(-c2c(F)cccc2Cl)c(Cl)c1CCl. The van der Waals surface area contributed by atoms with Crippen LogP contribution >= 0.6 is 34.8 Å².